The van der Waals surface area contributed by atoms with Crippen LogP contribution in [0, 0.1) is 6.92 Å². The number of carbonyl (C=O) groups excluding carboxylic acids is 1. The molecule has 150 valence electrons. The number of anilines is 1. The lowest BCUT2D eigenvalue weighted by Crippen LogP contribution is -2.13. The van der Waals surface area contributed by atoms with E-state index >= 15 is 0 Å². The van der Waals surface area contributed by atoms with Crippen LogP contribution in [0.3, 0.4) is 0 Å². The number of benzene rings is 2. The van der Waals surface area contributed by atoms with Gasteiger partial charge in [0, 0.05) is 17.7 Å². The highest BCUT2D eigenvalue weighted by molar-refractivity contribution is 5.91. The van der Waals surface area contributed by atoms with Crippen LogP contribution in [-0.2, 0) is 11.2 Å². The number of hydrogen-bond donors (Lipinski definition) is 2. The topological polar surface area (TPSA) is 79.9 Å². The van der Waals surface area contributed by atoms with E-state index in [-0.39, 0.29) is 5.91 Å². The third-order valence-electron chi connectivity index (χ3n) is 5.17. The molecule has 1 heterocycles. The molecule has 0 saturated heterocycles. The number of nitrogens with zero attached hydrogens (tertiary/aromatic N) is 2. The normalized spacial score (nSPS) is 14.1. The third kappa shape index (κ3) is 5.22. The van der Waals surface area contributed by atoms with Gasteiger partial charge in [0.05, 0.1) is 6.10 Å². The highest BCUT2D eigenvalue weighted by Crippen LogP contribution is 2.25. The van der Waals surface area contributed by atoms with Gasteiger partial charge >= 0.3 is 0 Å². The molecule has 0 atom stereocenters. The first kappa shape index (κ1) is 19.2. The van der Waals surface area contributed by atoms with Crippen molar-refractivity contribution in [2.75, 3.05) is 5.32 Å². The number of rotatable bonds is 7. The van der Waals surface area contributed by atoms with E-state index in [1.54, 1.807) is 0 Å². The smallest absolute Gasteiger partial charge is 0.224 e. The summed E-state index contributed by atoms with van der Waals surface area (Å²) in [6.45, 7) is 1.86. The van der Waals surface area contributed by atoms with Gasteiger partial charge in [-0.05, 0) is 81.0 Å². The summed E-state index contributed by atoms with van der Waals surface area (Å²) in [4.78, 5) is 16.6. The fraction of sp³-hybridized carbons (Fsp3) is 0.348. The molecule has 6 nitrogen and oxygen atoms in total. The maximum atomic E-state index is 12.3. The molecule has 0 bridgehead atoms. The zero-order valence-corrected chi connectivity index (χ0v) is 16.6. The van der Waals surface area contributed by atoms with Crippen molar-refractivity contribution >= 4 is 11.6 Å². The molecule has 1 aromatic heterocycles. The van der Waals surface area contributed by atoms with Crippen molar-refractivity contribution < 1.29 is 9.53 Å². The van der Waals surface area contributed by atoms with Crippen molar-refractivity contribution in [3.8, 4) is 17.1 Å². The first-order chi connectivity index (χ1) is 14.2. The minimum absolute atomic E-state index is 0.00592. The molecule has 0 radical (unpaired) electrons. The van der Waals surface area contributed by atoms with E-state index in [2.05, 4.69) is 26.6 Å². The zero-order valence-electron chi connectivity index (χ0n) is 16.6. The quantitative estimate of drug-likeness (QED) is 0.614. The number of H-pyrrole nitrogens is 1. The van der Waals surface area contributed by atoms with Gasteiger partial charge in [-0.3, -0.25) is 9.89 Å². The Morgan fingerprint density at radius 2 is 1.97 bits per heavy atom. The van der Waals surface area contributed by atoms with Crippen molar-refractivity contribution in [3.63, 3.8) is 0 Å². The van der Waals surface area contributed by atoms with Crippen molar-refractivity contribution in [2.45, 2.75) is 51.6 Å². The first-order valence-electron chi connectivity index (χ1n) is 10.2. The predicted octanol–water partition coefficient (Wildman–Crippen LogP) is 4.67. The van der Waals surface area contributed by atoms with Crippen molar-refractivity contribution in [1.29, 1.82) is 0 Å². The number of ether oxygens (including phenoxy) is 1. The number of aromatic nitrogens is 3. The Balaban J connectivity index is 1.28. The van der Waals surface area contributed by atoms with Crippen LogP contribution in [0.4, 0.5) is 5.69 Å². The Morgan fingerprint density at radius 3 is 2.69 bits per heavy atom. The summed E-state index contributed by atoms with van der Waals surface area (Å²) < 4.78 is 6.05. The van der Waals surface area contributed by atoms with Crippen LogP contribution >= 0.6 is 0 Å². The van der Waals surface area contributed by atoms with Gasteiger partial charge < -0.3 is 10.1 Å². The van der Waals surface area contributed by atoms with E-state index in [9.17, 15) is 4.79 Å². The van der Waals surface area contributed by atoms with E-state index in [4.69, 9.17) is 4.74 Å². The molecule has 1 aliphatic carbocycles. The lowest BCUT2D eigenvalue weighted by molar-refractivity contribution is -0.116. The van der Waals surface area contributed by atoms with E-state index in [1.807, 2.05) is 49.4 Å². The summed E-state index contributed by atoms with van der Waals surface area (Å²) in [5.41, 5.74) is 2.79. The van der Waals surface area contributed by atoms with Crippen LogP contribution in [0.1, 0.15) is 43.5 Å². The SMILES string of the molecule is Cc1nc(-c2ccc(NC(=O)CCc3cccc(OC4CCCC4)c3)cc2)n[nH]1. The molecule has 1 fully saturated rings. The Bertz CT molecular complexity index is 959. The zero-order chi connectivity index (χ0) is 20.1. The van der Waals surface area contributed by atoms with Gasteiger partial charge in [-0.2, -0.15) is 5.10 Å². The molecule has 6 heteroatoms. The molecule has 29 heavy (non-hydrogen) atoms. The lowest BCUT2D eigenvalue weighted by Gasteiger charge is -2.13. The van der Waals surface area contributed by atoms with Crippen LogP contribution in [-0.4, -0.2) is 27.2 Å². The summed E-state index contributed by atoms with van der Waals surface area (Å²) in [7, 11) is 0. The first-order valence-corrected chi connectivity index (χ1v) is 10.2. The second-order valence-corrected chi connectivity index (χ2v) is 7.54. The van der Waals surface area contributed by atoms with E-state index in [0.717, 1.165) is 41.2 Å². The van der Waals surface area contributed by atoms with Gasteiger partial charge in [-0.15, -0.1) is 0 Å². The monoisotopic (exact) mass is 390 g/mol. The minimum atomic E-state index is -0.00592. The van der Waals surface area contributed by atoms with E-state index in [1.165, 1.54) is 12.8 Å². The van der Waals surface area contributed by atoms with Crippen molar-refractivity contribution in [3.05, 3.63) is 59.9 Å². The lowest BCUT2D eigenvalue weighted by atomic mass is 10.1. The number of nitrogens with one attached hydrogen (secondary N) is 2. The third-order valence-corrected chi connectivity index (χ3v) is 5.17. The Hall–Kier alpha value is -3.15. The van der Waals surface area contributed by atoms with E-state index in [0.29, 0.717) is 24.8 Å². The second kappa shape index (κ2) is 8.90. The predicted molar refractivity (Wildman–Crippen MR) is 113 cm³/mol. The number of carbonyl (C=O) groups is 1. The number of aromatic amines is 1. The number of aryl methyl sites for hydroxylation is 2. The summed E-state index contributed by atoms with van der Waals surface area (Å²) in [5, 5.41) is 9.93. The number of hydrogen-bond acceptors (Lipinski definition) is 4. The average Bonchev–Trinajstić information content (AvgIpc) is 3.39. The molecule has 2 aromatic carbocycles. The molecule has 0 aliphatic heterocycles. The van der Waals surface area contributed by atoms with Gasteiger partial charge in [0.15, 0.2) is 5.82 Å². The van der Waals surface area contributed by atoms with E-state index < -0.39 is 0 Å². The fourth-order valence-corrected chi connectivity index (χ4v) is 3.63. The fourth-order valence-electron chi connectivity index (χ4n) is 3.63. The second-order valence-electron chi connectivity index (χ2n) is 7.54. The minimum Gasteiger partial charge on any atom is -0.490 e. The van der Waals surface area contributed by atoms with Gasteiger partial charge in [0.25, 0.3) is 0 Å². The average molecular weight is 390 g/mol. The molecule has 2 N–H and O–H groups in total. The molecule has 0 unspecified atom stereocenters. The highest BCUT2D eigenvalue weighted by atomic mass is 16.5. The van der Waals surface area contributed by atoms with Crippen molar-refractivity contribution in [1.82, 2.24) is 15.2 Å². The summed E-state index contributed by atoms with van der Waals surface area (Å²) in [5.74, 6) is 2.33. The van der Waals surface area contributed by atoms with Crippen molar-refractivity contribution in [2.24, 2.45) is 0 Å². The summed E-state index contributed by atoms with van der Waals surface area (Å²) >= 11 is 0. The maximum Gasteiger partial charge on any atom is 0.224 e. The molecular weight excluding hydrogens is 364 g/mol. The van der Waals surface area contributed by atoms with Crippen LogP contribution in [0.2, 0.25) is 0 Å². The van der Waals surface area contributed by atoms with Gasteiger partial charge in [0.2, 0.25) is 5.91 Å². The largest absolute Gasteiger partial charge is 0.490 e. The van der Waals surface area contributed by atoms with Gasteiger partial charge in [0.1, 0.15) is 11.6 Å². The molecule has 0 spiro atoms. The Labute approximate surface area is 170 Å². The standard InChI is InChI=1S/C23H26N4O2/c1-16-24-23(27-26-16)18-10-12-19(13-11-18)25-22(28)14-9-17-5-4-8-21(15-17)29-20-6-2-3-7-20/h4-5,8,10-13,15,20H,2-3,6-7,9,14H2,1H3,(H,25,28)(H,24,26,27). The molecule has 3 aromatic rings. The Morgan fingerprint density at radius 1 is 1.17 bits per heavy atom. The maximum absolute atomic E-state index is 12.3. The highest BCUT2D eigenvalue weighted by Gasteiger charge is 2.16. The van der Waals surface area contributed by atoms with Crippen LogP contribution in [0.15, 0.2) is 48.5 Å². The summed E-state index contributed by atoms with van der Waals surface area (Å²) in [6.07, 6.45) is 6.24. The van der Waals surface area contributed by atoms with Crippen LogP contribution in [0.25, 0.3) is 11.4 Å². The van der Waals surface area contributed by atoms with Crippen LogP contribution < -0.4 is 10.1 Å². The summed E-state index contributed by atoms with van der Waals surface area (Å²) in [6, 6.07) is 15.6. The molecular formula is C23H26N4O2. The molecule has 1 amide bonds. The Kier molecular flexibility index (Phi) is 5.89. The van der Waals surface area contributed by atoms with Gasteiger partial charge in [-0.25, -0.2) is 4.98 Å². The van der Waals surface area contributed by atoms with Gasteiger partial charge in [-0.1, -0.05) is 12.1 Å². The number of amides is 1. The molecule has 4 rings (SSSR count). The molecule has 1 saturated carbocycles. The van der Waals surface area contributed by atoms with Crippen LogP contribution in [0.5, 0.6) is 5.75 Å². The molecule has 1 aliphatic rings.